The quantitative estimate of drug-likeness (QED) is 0.528. The van der Waals surface area contributed by atoms with Gasteiger partial charge in [-0.1, -0.05) is 5.16 Å². The van der Waals surface area contributed by atoms with E-state index in [0.717, 1.165) is 16.9 Å². The molecule has 8 nitrogen and oxygen atoms in total. The van der Waals surface area contributed by atoms with Gasteiger partial charge in [-0.05, 0) is 55.3 Å². The highest BCUT2D eigenvalue weighted by atomic mass is 16.5. The van der Waals surface area contributed by atoms with Gasteiger partial charge < -0.3 is 28.8 Å². The summed E-state index contributed by atoms with van der Waals surface area (Å²) >= 11 is 0. The zero-order chi connectivity index (χ0) is 22.2. The number of ether oxygens (including phenoxy) is 4. The van der Waals surface area contributed by atoms with Crippen molar-refractivity contribution in [2.45, 2.75) is 13.3 Å². The van der Waals surface area contributed by atoms with Gasteiger partial charge in [0.25, 0.3) is 5.91 Å². The molecule has 0 atom stereocenters. The molecule has 0 saturated carbocycles. The Hall–Kier alpha value is -3.68. The molecule has 3 rings (SSSR count). The number of amides is 1. The predicted octanol–water partition coefficient (Wildman–Crippen LogP) is 3.74. The van der Waals surface area contributed by atoms with Gasteiger partial charge in [0.1, 0.15) is 5.75 Å². The van der Waals surface area contributed by atoms with Crippen molar-refractivity contribution in [2.24, 2.45) is 0 Å². The first kappa shape index (κ1) is 22.0. The van der Waals surface area contributed by atoms with E-state index in [-0.39, 0.29) is 11.6 Å². The first-order valence-corrected chi connectivity index (χ1v) is 9.86. The molecule has 0 aliphatic rings. The number of nitrogens with zero attached hydrogens (tertiary/aromatic N) is 1. The van der Waals surface area contributed by atoms with Gasteiger partial charge in [-0.3, -0.25) is 4.79 Å². The van der Waals surface area contributed by atoms with E-state index in [2.05, 4.69) is 10.5 Å². The number of nitrogens with one attached hydrogen (secondary N) is 1. The van der Waals surface area contributed by atoms with Crippen LogP contribution >= 0.6 is 0 Å². The van der Waals surface area contributed by atoms with Crippen LogP contribution in [0.2, 0.25) is 0 Å². The van der Waals surface area contributed by atoms with E-state index in [1.165, 1.54) is 0 Å². The lowest BCUT2D eigenvalue weighted by molar-refractivity contribution is 0.0945. The Morgan fingerprint density at radius 1 is 1.00 bits per heavy atom. The van der Waals surface area contributed by atoms with Crippen molar-refractivity contribution < 1.29 is 28.3 Å². The number of methoxy groups -OCH3 is 3. The van der Waals surface area contributed by atoms with Crippen LogP contribution in [0.15, 0.2) is 47.0 Å². The molecule has 0 saturated heterocycles. The molecule has 1 aromatic heterocycles. The molecule has 2 aromatic carbocycles. The normalized spacial score (nSPS) is 10.5. The molecule has 1 N–H and O–H groups in total. The summed E-state index contributed by atoms with van der Waals surface area (Å²) in [6.07, 6.45) is 0.575. The molecule has 0 bridgehead atoms. The van der Waals surface area contributed by atoms with E-state index in [0.29, 0.717) is 42.6 Å². The number of rotatable bonds is 10. The minimum Gasteiger partial charge on any atom is -0.494 e. The van der Waals surface area contributed by atoms with E-state index < -0.39 is 0 Å². The summed E-state index contributed by atoms with van der Waals surface area (Å²) in [7, 11) is 4.69. The molecule has 0 spiro atoms. The van der Waals surface area contributed by atoms with Crippen molar-refractivity contribution >= 4 is 5.91 Å². The maximum atomic E-state index is 12.4. The summed E-state index contributed by atoms with van der Waals surface area (Å²) in [5, 5.41) is 6.73. The number of hydrogen-bond donors (Lipinski definition) is 1. The zero-order valence-electron chi connectivity index (χ0n) is 18.1. The fourth-order valence-corrected chi connectivity index (χ4v) is 3.09. The van der Waals surface area contributed by atoms with Gasteiger partial charge in [-0.15, -0.1) is 0 Å². The summed E-state index contributed by atoms with van der Waals surface area (Å²) < 4.78 is 26.8. The number of hydrogen-bond acceptors (Lipinski definition) is 7. The Morgan fingerprint density at radius 2 is 1.68 bits per heavy atom. The van der Waals surface area contributed by atoms with E-state index >= 15 is 0 Å². The third kappa shape index (κ3) is 5.28. The molecular formula is C23H26N2O6. The third-order valence-electron chi connectivity index (χ3n) is 4.62. The smallest absolute Gasteiger partial charge is 0.273 e. The van der Waals surface area contributed by atoms with E-state index in [4.69, 9.17) is 23.5 Å². The first-order valence-electron chi connectivity index (χ1n) is 9.86. The van der Waals surface area contributed by atoms with Crippen molar-refractivity contribution in [1.82, 2.24) is 10.5 Å². The average Bonchev–Trinajstić information content (AvgIpc) is 3.29. The summed E-state index contributed by atoms with van der Waals surface area (Å²) in [4.78, 5) is 12.4. The highest BCUT2D eigenvalue weighted by molar-refractivity contribution is 5.93. The van der Waals surface area contributed by atoms with Crippen LogP contribution in [-0.4, -0.2) is 45.5 Å². The predicted molar refractivity (Wildman–Crippen MR) is 115 cm³/mol. The monoisotopic (exact) mass is 426 g/mol. The topological polar surface area (TPSA) is 92.1 Å². The van der Waals surface area contributed by atoms with Gasteiger partial charge >= 0.3 is 0 Å². The molecule has 0 aliphatic carbocycles. The van der Waals surface area contributed by atoms with Crippen LogP contribution in [-0.2, 0) is 6.42 Å². The molecule has 8 heteroatoms. The SMILES string of the molecule is CCOc1ccc(-c2cc(C(=O)NCCc3cc(OC)c(OC)c(OC)c3)no2)cc1. The fourth-order valence-electron chi connectivity index (χ4n) is 3.09. The van der Waals surface area contributed by atoms with Crippen LogP contribution < -0.4 is 24.3 Å². The van der Waals surface area contributed by atoms with Crippen molar-refractivity contribution in [2.75, 3.05) is 34.5 Å². The van der Waals surface area contributed by atoms with Gasteiger partial charge in [0, 0.05) is 18.2 Å². The molecule has 31 heavy (non-hydrogen) atoms. The van der Waals surface area contributed by atoms with E-state index in [1.54, 1.807) is 27.4 Å². The number of carbonyl (C=O) groups is 1. The van der Waals surface area contributed by atoms with Crippen molar-refractivity contribution in [1.29, 1.82) is 0 Å². The van der Waals surface area contributed by atoms with E-state index in [9.17, 15) is 4.79 Å². The second kappa shape index (κ2) is 10.4. The zero-order valence-corrected chi connectivity index (χ0v) is 18.1. The molecule has 1 amide bonds. The fraction of sp³-hybridized carbons (Fsp3) is 0.304. The van der Waals surface area contributed by atoms with Crippen LogP contribution in [0.4, 0.5) is 0 Å². The minimum atomic E-state index is -0.312. The van der Waals surface area contributed by atoms with Crippen LogP contribution in [0.1, 0.15) is 23.0 Å². The number of carbonyl (C=O) groups excluding carboxylic acids is 1. The molecule has 0 fully saturated rings. The van der Waals surface area contributed by atoms with E-state index in [1.807, 2.05) is 43.3 Å². The van der Waals surface area contributed by atoms with Crippen molar-refractivity contribution in [3.8, 4) is 34.3 Å². The van der Waals surface area contributed by atoms with Crippen molar-refractivity contribution in [3.05, 3.63) is 53.7 Å². The van der Waals surface area contributed by atoms with Gasteiger partial charge in [0.05, 0.1) is 27.9 Å². The summed E-state index contributed by atoms with van der Waals surface area (Å²) in [5.74, 6) is 2.64. The lowest BCUT2D eigenvalue weighted by atomic mass is 10.1. The Labute approximate surface area is 181 Å². The van der Waals surface area contributed by atoms with Crippen LogP contribution in [0.5, 0.6) is 23.0 Å². The second-order valence-electron chi connectivity index (χ2n) is 6.57. The lowest BCUT2D eigenvalue weighted by Crippen LogP contribution is -2.25. The van der Waals surface area contributed by atoms with Crippen molar-refractivity contribution in [3.63, 3.8) is 0 Å². The number of aromatic nitrogens is 1. The average molecular weight is 426 g/mol. The standard InChI is InChI=1S/C23H26N2O6/c1-5-30-17-8-6-16(7-9-17)19-14-18(25-31-19)23(26)24-11-10-15-12-20(27-2)22(29-4)21(13-15)28-3/h6-9,12-14H,5,10-11H2,1-4H3,(H,24,26). The van der Waals surface area contributed by atoms with Gasteiger partial charge in [-0.25, -0.2) is 0 Å². The molecule has 3 aromatic rings. The molecule has 0 unspecified atom stereocenters. The molecule has 0 aliphatic heterocycles. The highest BCUT2D eigenvalue weighted by Gasteiger charge is 2.15. The Kier molecular flexibility index (Phi) is 7.37. The molecular weight excluding hydrogens is 400 g/mol. The maximum Gasteiger partial charge on any atom is 0.273 e. The number of benzene rings is 2. The molecule has 0 radical (unpaired) electrons. The van der Waals surface area contributed by atoms with Gasteiger partial charge in [0.15, 0.2) is 23.0 Å². The maximum absolute atomic E-state index is 12.4. The lowest BCUT2D eigenvalue weighted by Gasteiger charge is -2.14. The van der Waals surface area contributed by atoms with Gasteiger partial charge in [0.2, 0.25) is 5.75 Å². The van der Waals surface area contributed by atoms with Crippen LogP contribution in [0, 0.1) is 0 Å². The minimum absolute atomic E-state index is 0.216. The Bertz CT molecular complexity index is 988. The molecule has 1 heterocycles. The van der Waals surface area contributed by atoms with Crippen LogP contribution in [0.3, 0.4) is 0 Å². The molecule has 164 valence electrons. The second-order valence-corrected chi connectivity index (χ2v) is 6.57. The summed E-state index contributed by atoms with van der Waals surface area (Å²) in [6, 6.07) is 12.7. The summed E-state index contributed by atoms with van der Waals surface area (Å²) in [5.41, 5.74) is 1.96. The van der Waals surface area contributed by atoms with Gasteiger partial charge in [-0.2, -0.15) is 0 Å². The highest BCUT2D eigenvalue weighted by Crippen LogP contribution is 2.38. The third-order valence-corrected chi connectivity index (χ3v) is 4.62. The Morgan fingerprint density at radius 3 is 2.26 bits per heavy atom. The summed E-state index contributed by atoms with van der Waals surface area (Å²) in [6.45, 7) is 2.93. The first-order chi connectivity index (χ1) is 15.1. The van der Waals surface area contributed by atoms with Crippen LogP contribution in [0.25, 0.3) is 11.3 Å². The largest absolute Gasteiger partial charge is 0.494 e. The Balaban J connectivity index is 1.60.